The van der Waals surface area contributed by atoms with Crippen LogP contribution in [0.3, 0.4) is 0 Å². The molecule has 1 atom stereocenters. The molecule has 108 valence electrons. The van der Waals surface area contributed by atoms with Crippen LogP contribution >= 0.6 is 0 Å². The summed E-state index contributed by atoms with van der Waals surface area (Å²) in [7, 11) is 1.50. The summed E-state index contributed by atoms with van der Waals surface area (Å²) in [5.74, 6) is 0.0851. The minimum atomic E-state index is -0.236. The number of methoxy groups -OCH3 is 1. The molecule has 0 aliphatic heterocycles. The highest BCUT2D eigenvalue weighted by atomic mass is 19.1. The van der Waals surface area contributed by atoms with E-state index in [0.717, 1.165) is 13.0 Å². The predicted octanol–water partition coefficient (Wildman–Crippen LogP) is 3.79. The maximum Gasteiger partial charge on any atom is 0.168 e. The minimum Gasteiger partial charge on any atom is -0.494 e. The van der Waals surface area contributed by atoms with Crippen LogP contribution in [-0.2, 0) is 6.42 Å². The molecule has 1 unspecified atom stereocenters. The van der Waals surface area contributed by atoms with E-state index in [1.165, 1.54) is 7.11 Å². The Kier molecular flexibility index (Phi) is 5.80. The molecule has 0 aliphatic rings. The molecule has 1 N–H and O–H groups in total. The summed E-state index contributed by atoms with van der Waals surface area (Å²) in [6, 6.07) is 5.60. The first kappa shape index (κ1) is 16.0. The lowest BCUT2D eigenvalue weighted by Crippen LogP contribution is -2.43. The second-order valence-corrected chi connectivity index (χ2v) is 5.59. The Morgan fingerprint density at radius 2 is 2.00 bits per heavy atom. The fourth-order valence-corrected chi connectivity index (χ4v) is 2.21. The standard InChI is InChI=1S/C16H26FNO/c1-6-16(3,4)14(18-7-2)11-12-9-8-10-13(19-5)15(12)17/h8-10,14,18H,6-7,11H2,1-5H3. The molecule has 0 aromatic heterocycles. The lowest BCUT2D eigenvalue weighted by Gasteiger charge is -2.34. The van der Waals surface area contributed by atoms with Gasteiger partial charge in [-0.25, -0.2) is 4.39 Å². The summed E-state index contributed by atoms with van der Waals surface area (Å²) in [6.45, 7) is 9.59. The Morgan fingerprint density at radius 1 is 1.32 bits per heavy atom. The summed E-state index contributed by atoms with van der Waals surface area (Å²) >= 11 is 0. The molecule has 0 spiro atoms. The van der Waals surface area contributed by atoms with Crippen LogP contribution in [0.1, 0.15) is 39.7 Å². The quantitative estimate of drug-likeness (QED) is 0.811. The smallest absolute Gasteiger partial charge is 0.168 e. The topological polar surface area (TPSA) is 21.3 Å². The summed E-state index contributed by atoms with van der Waals surface area (Å²) in [4.78, 5) is 0. The van der Waals surface area contributed by atoms with Crippen LogP contribution in [0.25, 0.3) is 0 Å². The van der Waals surface area contributed by atoms with Gasteiger partial charge in [0, 0.05) is 6.04 Å². The van der Waals surface area contributed by atoms with Crippen molar-refractivity contribution in [3.8, 4) is 5.75 Å². The van der Waals surface area contributed by atoms with Gasteiger partial charge in [-0.3, -0.25) is 0 Å². The molecule has 0 fully saturated rings. The molecule has 0 saturated carbocycles. The zero-order valence-corrected chi connectivity index (χ0v) is 12.7. The number of nitrogens with one attached hydrogen (secondary N) is 1. The average Bonchev–Trinajstić information content (AvgIpc) is 2.40. The first-order valence-electron chi connectivity index (χ1n) is 7.01. The minimum absolute atomic E-state index is 0.130. The highest BCUT2D eigenvalue weighted by Crippen LogP contribution is 2.29. The van der Waals surface area contributed by atoms with Crippen LogP contribution in [-0.4, -0.2) is 19.7 Å². The van der Waals surface area contributed by atoms with E-state index in [-0.39, 0.29) is 17.3 Å². The van der Waals surface area contributed by atoms with Gasteiger partial charge in [0.05, 0.1) is 7.11 Å². The molecule has 0 bridgehead atoms. The van der Waals surface area contributed by atoms with E-state index in [1.54, 1.807) is 6.07 Å². The van der Waals surface area contributed by atoms with Crippen LogP contribution in [0.4, 0.5) is 4.39 Å². The van der Waals surface area contributed by atoms with Crippen LogP contribution in [0.15, 0.2) is 18.2 Å². The highest BCUT2D eigenvalue weighted by Gasteiger charge is 2.28. The first-order chi connectivity index (χ1) is 8.96. The molecule has 1 aromatic carbocycles. The van der Waals surface area contributed by atoms with Crippen molar-refractivity contribution in [1.29, 1.82) is 0 Å². The zero-order valence-electron chi connectivity index (χ0n) is 12.7. The fourth-order valence-electron chi connectivity index (χ4n) is 2.21. The van der Waals surface area contributed by atoms with Crippen molar-refractivity contribution in [2.75, 3.05) is 13.7 Å². The second kappa shape index (κ2) is 6.90. The predicted molar refractivity (Wildman–Crippen MR) is 78.2 cm³/mol. The number of rotatable bonds is 7. The van der Waals surface area contributed by atoms with E-state index in [4.69, 9.17) is 4.74 Å². The van der Waals surface area contributed by atoms with E-state index >= 15 is 0 Å². The van der Waals surface area contributed by atoms with Gasteiger partial charge in [0.1, 0.15) is 0 Å². The van der Waals surface area contributed by atoms with Gasteiger partial charge in [0.25, 0.3) is 0 Å². The molecule has 1 rings (SSSR count). The third-order valence-corrected chi connectivity index (χ3v) is 3.99. The monoisotopic (exact) mass is 267 g/mol. The Balaban J connectivity index is 2.97. The molecule has 0 radical (unpaired) electrons. The number of halogens is 1. The molecule has 0 saturated heterocycles. The molecule has 0 heterocycles. The lowest BCUT2D eigenvalue weighted by molar-refractivity contribution is 0.231. The van der Waals surface area contributed by atoms with Crippen LogP contribution in [0, 0.1) is 11.2 Å². The molecule has 0 amide bonds. The zero-order chi connectivity index (χ0) is 14.5. The summed E-state index contributed by atoms with van der Waals surface area (Å²) in [5, 5.41) is 3.48. The average molecular weight is 267 g/mol. The number of likely N-dealkylation sites (N-methyl/N-ethyl adjacent to an activating group) is 1. The van der Waals surface area contributed by atoms with Gasteiger partial charge in [-0.05, 0) is 36.4 Å². The maximum absolute atomic E-state index is 14.2. The molecular weight excluding hydrogens is 241 g/mol. The van der Waals surface area contributed by atoms with Crippen LogP contribution < -0.4 is 10.1 Å². The molecule has 1 aromatic rings. The van der Waals surface area contributed by atoms with Gasteiger partial charge < -0.3 is 10.1 Å². The second-order valence-electron chi connectivity index (χ2n) is 5.59. The summed E-state index contributed by atoms with van der Waals surface area (Å²) in [6.07, 6.45) is 1.73. The largest absolute Gasteiger partial charge is 0.494 e. The van der Waals surface area contributed by atoms with Gasteiger partial charge in [-0.15, -0.1) is 0 Å². The highest BCUT2D eigenvalue weighted by molar-refractivity contribution is 5.31. The van der Waals surface area contributed by atoms with Crippen molar-refractivity contribution in [2.24, 2.45) is 5.41 Å². The lowest BCUT2D eigenvalue weighted by atomic mass is 9.79. The Hall–Kier alpha value is -1.09. The van der Waals surface area contributed by atoms with E-state index in [0.29, 0.717) is 17.7 Å². The number of hydrogen-bond acceptors (Lipinski definition) is 2. The normalized spacial score (nSPS) is 13.4. The third kappa shape index (κ3) is 3.93. The van der Waals surface area contributed by atoms with Gasteiger partial charge >= 0.3 is 0 Å². The first-order valence-corrected chi connectivity index (χ1v) is 7.01. The summed E-state index contributed by atoms with van der Waals surface area (Å²) in [5.41, 5.74) is 0.845. The van der Waals surface area contributed by atoms with Crippen LogP contribution in [0.2, 0.25) is 0 Å². The van der Waals surface area contributed by atoms with Gasteiger partial charge in [-0.2, -0.15) is 0 Å². The molecule has 19 heavy (non-hydrogen) atoms. The van der Waals surface area contributed by atoms with Crippen molar-refractivity contribution in [3.05, 3.63) is 29.6 Å². The SMILES string of the molecule is CCNC(Cc1cccc(OC)c1F)C(C)(C)CC. The Labute approximate surface area is 116 Å². The maximum atomic E-state index is 14.2. The van der Waals surface area contributed by atoms with E-state index in [1.807, 2.05) is 12.1 Å². The number of benzene rings is 1. The van der Waals surface area contributed by atoms with Gasteiger partial charge in [-0.1, -0.05) is 39.8 Å². The molecule has 3 heteroatoms. The number of hydrogen-bond donors (Lipinski definition) is 1. The van der Waals surface area contributed by atoms with E-state index in [2.05, 4.69) is 33.0 Å². The van der Waals surface area contributed by atoms with E-state index < -0.39 is 0 Å². The van der Waals surface area contributed by atoms with Crippen LogP contribution in [0.5, 0.6) is 5.75 Å². The van der Waals surface area contributed by atoms with Crippen molar-refractivity contribution in [2.45, 2.75) is 46.6 Å². The third-order valence-electron chi connectivity index (χ3n) is 3.99. The molecular formula is C16H26FNO. The Bertz CT molecular complexity index is 404. The van der Waals surface area contributed by atoms with Gasteiger partial charge in [0.2, 0.25) is 0 Å². The van der Waals surface area contributed by atoms with Crippen molar-refractivity contribution in [1.82, 2.24) is 5.32 Å². The molecule has 2 nitrogen and oxygen atoms in total. The van der Waals surface area contributed by atoms with E-state index in [9.17, 15) is 4.39 Å². The van der Waals surface area contributed by atoms with Gasteiger partial charge in [0.15, 0.2) is 11.6 Å². The number of ether oxygens (including phenoxy) is 1. The summed E-state index contributed by atoms with van der Waals surface area (Å²) < 4.78 is 19.3. The Morgan fingerprint density at radius 3 is 2.53 bits per heavy atom. The van der Waals surface area contributed by atoms with Crippen molar-refractivity contribution < 1.29 is 9.13 Å². The van der Waals surface area contributed by atoms with Crippen molar-refractivity contribution in [3.63, 3.8) is 0 Å². The fraction of sp³-hybridized carbons (Fsp3) is 0.625. The molecule has 0 aliphatic carbocycles. The van der Waals surface area contributed by atoms with Crippen molar-refractivity contribution >= 4 is 0 Å².